The second-order valence-corrected chi connectivity index (χ2v) is 7.90. The zero-order chi connectivity index (χ0) is 14.9. The van der Waals surface area contributed by atoms with E-state index in [0.29, 0.717) is 17.6 Å². The van der Waals surface area contributed by atoms with Crippen LogP contribution in [0.1, 0.15) is 39.0 Å². The molecule has 2 atom stereocenters. The number of likely N-dealkylation sites (N-methyl/N-ethyl adjacent to an activating group) is 2. The minimum Gasteiger partial charge on any atom is -0.308 e. The molecule has 0 amide bonds. The minimum absolute atomic E-state index is 0.434. The van der Waals surface area contributed by atoms with Crippen molar-refractivity contribution >= 4 is 0 Å². The maximum atomic E-state index is 3.91. The van der Waals surface area contributed by atoms with Gasteiger partial charge in [0.25, 0.3) is 0 Å². The first-order valence-electron chi connectivity index (χ1n) is 8.96. The number of hydrogen-bond donors (Lipinski definition) is 1. The lowest BCUT2D eigenvalue weighted by atomic mass is 9.79. The van der Waals surface area contributed by atoms with E-state index in [-0.39, 0.29) is 0 Å². The molecule has 1 N–H and O–H groups in total. The first-order valence-corrected chi connectivity index (χ1v) is 8.96. The summed E-state index contributed by atoms with van der Waals surface area (Å²) < 4.78 is 0. The Morgan fingerprint density at radius 1 is 1.10 bits per heavy atom. The average Bonchev–Trinajstić information content (AvgIpc) is 2.48. The molecule has 2 aliphatic heterocycles. The maximum absolute atomic E-state index is 3.91. The highest BCUT2D eigenvalue weighted by Crippen LogP contribution is 2.32. The van der Waals surface area contributed by atoms with Crippen LogP contribution in [0.4, 0.5) is 0 Å². The van der Waals surface area contributed by atoms with Crippen LogP contribution in [0.5, 0.6) is 0 Å². The molecule has 0 bridgehead atoms. The first kappa shape index (κ1) is 15.7. The van der Waals surface area contributed by atoms with Crippen LogP contribution in [-0.4, -0.2) is 85.7 Å². The van der Waals surface area contributed by atoms with Gasteiger partial charge in [-0.1, -0.05) is 19.3 Å². The van der Waals surface area contributed by atoms with Crippen molar-refractivity contribution in [2.45, 2.75) is 56.7 Å². The molecule has 122 valence electrons. The molecule has 2 saturated heterocycles. The largest absolute Gasteiger partial charge is 0.308 e. The molecular weight excluding hydrogens is 260 g/mol. The monoisotopic (exact) mass is 294 g/mol. The molecule has 0 aromatic carbocycles. The van der Waals surface area contributed by atoms with Gasteiger partial charge in [0.05, 0.1) is 0 Å². The third kappa shape index (κ3) is 3.61. The van der Waals surface area contributed by atoms with Gasteiger partial charge in [0.1, 0.15) is 0 Å². The fourth-order valence-electron chi connectivity index (χ4n) is 4.47. The standard InChI is InChI=1S/C17H34N4/c1-15-11-18-17(7-5-4-6-8-17)14-21(15)13-16-12-19(2)9-10-20(16)3/h15-16,18H,4-14H2,1-3H3. The minimum atomic E-state index is 0.434. The molecule has 3 rings (SSSR count). The Morgan fingerprint density at radius 2 is 1.86 bits per heavy atom. The van der Waals surface area contributed by atoms with E-state index in [1.165, 1.54) is 71.4 Å². The van der Waals surface area contributed by atoms with Gasteiger partial charge in [-0.3, -0.25) is 9.80 Å². The van der Waals surface area contributed by atoms with Crippen LogP contribution in [0.3, 0.4) is 0 Å². The molecule has 21 heavy (non-hydrogen) atoms. The highest BCUT2D eigenvalue weighted by Gasteiger charge is 2.39. The van der Waals surface area contributed by atoms with Crippen LogP contribution in [0.25, 0.3) is 0 Å². The molecule has 1 saturated carbocycles. The summed E-state index contributed by atoms with van der Waals surface area (Å²) in [6.45, 7) is 9.73. The smallest absolute Gasteiger partial charge is 0.0347 e. The summed E-state index contributed by atoms with van der Waals surface area (Å²) in [7, 11) is 4.57. The van der Waals surface area contributed by atoms with E-state index in [1.807, 2.05) is 0 Å². The van der Waals surface area contributed by atoms with Gasteiger partial charge in [-0.25, -0.2) is 0 Å². The molecule has 4 nitrogen and oxygen atoms in total. The fraction of sp³-hybridized carbons (Fsp3) is 1.00. The zero-order valence-corrected chi connectivity index (χ0v) is 14.3. The summed E-state index contributed by atoms with van der Waals surface area (Å²) >= 11 is 0. The summed E-state index contributed by atoms with van der Waals surface area (Å²) in [5, 5.41) is 3.91. The predicted molar refractivity (Wildman–Crippen MR) is 88.8 cm³/mol. The lowest BCUT2D eigenvalue weighted by Crippen LogP contribution is -2.66. The average molecular weight is 294 g/mol. The Balaban J connectivity index is 1.62. The second-order valence-electron chi connectivity index (χ2n) is 7.90. The first-order chi connectivity index (χ1) is 10.1. The van der Waals surface area contributed by atoms with Gasteiger partial charge in [-0.2, -0.15) is 0 Å². The van der Waals surface area contributed by atoms with E-state index in [0.717, 1.165) is 0 Å². The topological polar surface area (TPSA) is 21.8 Å². The molecule has 2 heterocycles. The highest BCUT2D eigenvalue weighted by atomic mass is 15.3. The molecular formula is C17H34N4. The van der Waals surface area contributed by atoms with Crippen LogP contribution in [-0.2, 0) is 0 Å². The fourth-order valence-corrected chi connectivity index (χ4v) is 4.47. The van der Waals surface area contributed by atoms with Crippen LogP contribution >= 0.6 is 0 Å². The van der Waals surface area contributed by atoms with Crippen molar-refractivity contribution in [3.05, 3.63) is 0 Å². The van der Waals surface area contributed by atoms with Gasteiger partial charge < -0.3 is 10.2 Å². The maximum Gasteiger partial charge on any atom is 0.0347 e. The molecule has 0 radical (unpaired) electrons. The quantitative estimate of drug-likeness (QED) is 0.827. The van der Waals surface area contributed by atoms with Gasteiger partial charge in [-0.05, 0) is 33.9 Å². The summed E-state index contributed by atoms with van der Waals surface area (Å²) in [6, 6.07) is 1.38. The number of nitrogens with one attached hydrogen (secondary N) is 1. The summed E-state index contributed by atoms with van der Waals surface area (Å²) in [4.78, 5) is 7.85. The highest BCUT2D eigenvalue weighted by molar-refractivity contribution is 5.00. The number of hydrogen-bond acceptors (Lipinski definition) is 4. The molecule has 3 aliphatic rings. The van der Waals surface area contributed by atoms with Gasteiger partial charge in [0.2, 0.25) is 0 Å². The zero-order valence-electron chi connectivity index (χ0n) is 14.3. The van der Waals surface area contributed by atoms with E-state index in [9.17, 15) is 0 Å². The third-order valence-electron chi connectivity index (χ3n) is 6.14. The van der Waals surface area contributed by atoms with Gasteiger partial charge in [-0.15, -0.1) is 0 Å². The van der Waals surface area contributed by atoms with E-state index in [1.54, 1.807) is 0 Å². The van der Waals surface area contributed by atoms with Crippen molar-refractivity contribution < 1.29 is 0 Å². The van der Waals surface area contributed by atoms with Gasteiger partial charge >= 0.3 is 0 Å². The van der Waals surface area contributed by atoms with Crippen molar-refractivity contribution in [3.63, 3.8) is 0 Å². The molecule has 3 fully saturated rings. The van der Waals surface area contributed by atoms with E-state index in [4.69, 9.17) is 0 Å². The van der Waals surface area contributed by atoms with Gasteiger partial charge in [0, 0.05) is 56.9 Å². The molecule has 0 aromatic heterocycles. The summed E-state index contributed by atoms with van der Waals surface area (Å²) in [5.74, 6) is 0. The SMILES string of the molecule is CC1CNC2(CCCCC2)CN1CC1CN(C)CCN1C. The van der Waals surface area contributed by atoms with Crippen molar-refractivity contribution in [2.24, 2.45) is 0 Å². The van der Waals surface area contributed by atoms with Crippen molar-refractivity contribution in [2.75, 3.05) is 53.4 Å². The Kier molecular flexibility index (Phi) is 4.89. The lowest BCUT2D eigenvalue weighted by molar-refractivity contribution is 0.0223. The molecule has 2 unspecified atom stereocenters. The molecule has 1 spiro atoms. The molecule has 4 heteroatoms. The van der Waals surface area contributed by atoms with Crippen molar-refractivity contribution in [1.29, 1.82) is 0 Å². The third-order valence-corrected chi connectivity index (χ3v) is 6.14. The van der Waals surface area contributed by atoms with Crippen molar-refractivity contribution in [3.8, 4) is 0 Å². The molecule has 1 aliphatic carbocycles. The Labute approximate surface area is 130 Å². The van der Waals surface area contributed by atoms with Gasteiger partial charge in [0.15, 0.2) is 0 Å². The summed E-state index contributed by atoms with van der Waals surface area (Å²) in [6.07, 6.45) is 7.05. The van der Waals surface area contributed by atoms with Crippen molar-refractivity contribution in [1.82, 2.24) is 20.0 Å². The Hall–Kier alpha value is -0.160. The second kappa shape index (κ2) is 6.53. The predicted octanol–water partition coefficient (Wildman–Crippen LogP) is 1.23. The lowest BCUT2D eigenvalue weighted by Gasteiger charge is -2.51. The number of piperazine rings is 2. The normalized spacial score (nSPS) is 36.1. The van der Waals surface area contributed by atoms with Crippen LogP contribution < -0.4 is 5.32 Å². The number of nitrogens with zero attached hydrogens (tertiary/aromatic N) is 3. The number of rotatable bonds is 2. The van der Waals surface area contributed by atoms with Crippen LogP contribution in [0.15, 0.2) is 0 Å². The van der Waals surface area contributed by atoms with Crippen LogP contribution in [0.2, 0.25) is 0 Å². The Morgan fingerprint density at radius 3 is 2.62 bits per heavy atom. The van der Waals surface area contributed by atoms with E-state index >= 15 is 0 Å². The Bertz CT molecular complexity index is 340. The van der Waals surface area contributed by atoms with E-state index in [2.05, 4.69) is 41.0 Å². The van der Waals surface area contributed by atoms with Crippen LogP contribution in [0, 0.1) is 0 Å². The van der Waals surface area contributed by atoms with E-state index < -0.39 is 0 Å². The molecule has 0 aromatic rings. The summed E-state index contributed by atoms with van der Waals surface area (Å²) in [5.41, 5.74) is 0.434.